The van der Waals surface area contributed by atoms with Crippen LogP contribution in [0.2, 0.25) is 0 Å². The van der Waals surface area contributed by atoms with Gasteiger partial charge >= 0.3 is 0 Å². The van der Waals surface area contributed by atoms with Crippen LogP contribution in [0.3, 0.4) is 0 Å². The van der Waals surface area contributed by atoms with E-state index in [4.69, 9.17) is 9.47 Å². The average Bonchev–Trinajstić information content (AvgIpc) is 2.52. The van der Waals surface area contributed by atoms with Crippen molar-refractivity contribution in [2.45, 2.75) is 124 Å². The Bertz CT molecular complexity index is 148. The van der Waals surface area contributed by atoms with Crippen LogP contribution in [0.25, 0.3) is 0 Å². The van der Waals surface area contributed by atoms with Crippen molar-refractivity contribution in [1.82, 2.24) is 0 Å². The van der Waals surface area contributed by atoms with Crippen molar-refractivity contribution in [3.05, 3.63) is 13.8 Å². The second kappa shape index (κ2) is 85.9. The first-order valence-corrected chi connectivity index (χ1v) is 8.47. The van der Waals surface area contributed by atoms with Gasteiger partial charge in [-0.15, -0.1) is 0 Å². The number of hydrogen-bond donors (Lipinski definition) is 0. The van der Waals surface area contributed by atoms with Crippen molar-refractivity contribution in [2.24, 2.45) is 0 Å². The molecule has 0 saturated heterocycles. The zero-order valence-electron chi connectivity index (χ0n) is 15.4. The van der Waals surface area contributed by atoms with Gasteiger partial charge in [0, 0.05) is 63.0 Å². The topological polar surface area (TPSA) is 27.7 Å². The molecule has 0 aliphatic heterocycles. The summed E-state index contributed by atoms with van der Waals surface area (Å²) in [5, 5.41) is 0. The Labute approximate surface area is 233 Å². The Morgan fingerprint density at radius 1 is 0.452 bits per heavy atom. The predicted molar refractivity (Wildman–Crippen MR) is 145 cm³/mol. The number of ether oxygens (including phenoxy) is 3. The van der Waals surface area contributed by atoms with Crippen LogP contribution in [0, 0.1) is 13.8 Å². The van der Waals surface area contributed by atoms with E-state index in [0.29, 0.717) is 13.2 Å². The van der Waals surface area contributed by atoms with Crippen molar-refractivity contribution in [3.63, 3.8) is 0 Å². The summed E-state index contributed by atoms with van der Waals surface area (Å²) in [6.45, 7) is 10.2. The number of unbranched alkanes of at least 4 members (excludes halogenated alkanes) is 9. The van der Waals surface area contributed by atoms with Crippen LogP contribution in [0.15, 0.2) is 0 Å². The Balaban J connectivity index is -0.0000000238. The number of rotatable bonds is 15. The Morgan fingerprint density at radius 2 is 0.774 bits per heavy atom. The Morgan fingerprint density at radius 3 is 1.06 bits per heavy atom. The van der Waals surface area contributed by atoms with Crippen LogP contribution >= 0.6 is 0 Å². The first-order chi connectivity index (χ1) is 10.3. The molecule has 0 rings (SSSR count). The van der Waals surface area contributed by atoms with E-state index in [1.165, 1.54) is 57.8 Å². The monoisotopic (exact) mass is 798 g/mol. The molecule has 0 aromatic carbocycles. The van der Waals surface area contributed by atoms with E-state index in [2.05, 4.69) is 18.6 Å². The maximum atomic E-state index is 5.42. The molecule has 0 atom stereocenters. The third-order valence-electron chi connectivity index (χ3n) is 3.17. The van der Waals surface area contributed by atoms with Crippen molar-refractivity contribution in [2.75, 3.05) is 40.6 Å². The minimum atomic E-state index is 0. The minimum Gasteiger partial charge on any atom is -0.417 e. The van der Waals surface area contributed by atoms with Gasteiger partial charge < -0.3 is 28.1 Å². The van der Waals surface area contributed by atoms with Crippen LogP contribution in [0.5, 0.6) is 0 Å². The van der Waals surface area contributed by atoms with Crippen LogP contribution in [-0.2, 0) is 56.3 Å². The van der Waals surface area contributed by atoms with Crippen molar-refractivity contribution >= 4 is 0 Å². The molecule has 0 N–H and O–H groups in total. The average molecular weight is 799 g/mol. The molecule has 0 heterocycles. The van der Waals surface area contributed by atoms with Gasteiger partial charge in [-0.25, -0.2) is 0 Å². The van der Waals surface area contributed by atoms with E-state index in [-0.39, 0.29) is 102 Å². The summed E-state index contributed by atoms with van der Waals surface area (Å²) < 4.78 is 14.8. The summed E-state index contributed by atoms with van der Waals surface area (Å²) in [6, 6.07) is 0. The second-order valence-electron chi connectivity index (χ2n) is 5.13. The van der Waals surface area contributed by atoms with Gasteiger partial charge in [0.1, 0.15) is 0 Å². The smallest absolute Gasteiger partial charge is 0.0700 e. The van der Waals surface area contributed by atoms with Gasteiger partial charge in [-0.05, 0) is 6.42 Å². The summed E-state index contributed by atoms with van der Waals surface area (Å²) in [6.07, 6.45) is 13.3. The number of hydrogen-bond acceptors (Lipinski definition) is 3. The second-order valence-corrected chi connectivity index (χ2v) is 5.13. The third-order valence-corrected chi connectivity index (χ3v) is 3.17. The van der Waals surface area contributed by atoms with Crippen LogP contribution in [0.1, 0.15) is 124 Å². The first-order valence-electron chi connectivity index (χ1n) is 8.47. The van der Waals surface area contributed by atoms with E-state index >= 15 is 0 Å². The molecule has 0 aromatic rings. The van der Waals surface area contributed by atoms with E-state index in [1.807, 2.05) is 0 Å². The fourth-order valence-electron chi connectivity index (χ4n) is 1.86. The molecular formula is C26H70O3W2-2. The molecule has 0 spiro atoms. The van der Waals surface area contributed by atoms with Crippen molar-refractivity contribution in [3.8, 4) is 0 Å². The van der Waals surface area contributed by atoms with E-state index in [0.717, 1.165) is 19.6 Å². The molecule has 206 valence electrons. The summed E-state index contributed by atoms with van der Waals surface area (Å²) in [4.78, 5) is 0. The van der Waals surface area contributed by atoms with E-state index in [1.54, 1.807) is 14.2 Å². The molecule has 0 fully saturated rings. The minimum absolute atomic E-state index is 0. The fraction of sp³-hybridized carbons (Fsp3) is 0.923. The molecular weight excluding hydrogens is 728 g/mol. The quantitative estimate of drug-likeness (QED) is 0.122. The molecule has 0 unspecified atom stereocenters. The summed E-state index contributed by atoms with van der Waals surface area (Å²) in [5.74, 6) is 0. The molecule has 0 saturated carbocycles. The van der Waals surface area contributed by atoms with Crippen LogP contribution < -0.4 is 0 Å². The zero-order chi connectivity index (χ0) is 16.0. The normalized spacial score (nSPS) is 6.97. The summed E-state index contributed by atoms with van der Waals surface area (Å²) >= 11 is 0. The van der Waals surface area contributed by atoms with E-state index in [9.17, 15) is 0 Å². The van der Waals surface area contributed by atoms with Crippen LogP contribution in [0.4, 0.5) is 0 Å². The molecule has 0 radical (unpaired) electrons. The maximum absolute atomic E-state index is 5.42. The molecule has 0 amide bonds. The SMILES string of the molecule is C.C.C.C.C.C.C.C.[CH2-]CCCCCCCCCCCOCCOC.[CH2-]COC.[W].[W]. The molecule has 0 aromatic heterocycles. The van der Waals surface area contributed by atoms with Gasteiger partial charge in [0.05, 0.1) is 13.2 Å². The Hall–Kier alpha value is 1.26. The van der Waals surface area contributed by atoms with E-state index < -0.39 is 0 Å². The Kier molecular flexibility index (Phi) is 213. The third kappa shape index (κ3) is 101. The summed E-state index contributed by atoms with van der Waals surface area (Å²) in [5.41, 5.74) is 0. The molecule has 3 nitrogen and oxygen atoms in total. The van der Waals surface area contributed by atoms with Gasteiger partial charge in [-0.2, -0.15) is 6.42 Å². The maximum Gasteiger partial charge on any atom is 0.0700 e. The predicted octanol–water partition coefficient (Wildman–Crippen LogP) is 9.94. The molecule has 0 bridgehead atoms. The molecule has 5 heteroatoms. The molecule has 0 aliphatic rings. The molecule has 0 aliphatic carbocycles. The largest absolute Gasteiger partial charge is 0.417 e. The van der Waals surface area contributed by atoms with Gasteiger partial charge in [0.25, 0.3) is 0 Å². The van der Waals surface area contributed by atoms with Gasteiger partial charge in [-0.1, -0.05) is 117 Å². The fourth-order valence-corrected chi connectivity index (χ4v) is 1.86. The van der Waals surface area contributed by atoms with Gasteiger partial charge in [0.15, 0.2) is 0 Å². The van der Waals surface area contributed by atoms with Crippen molar-refractivity contribution in [1.29, 1.82) is 0 Å². The first kappa shape index (κ1) is 76.8. The van der Waals surface area contributed by atoms with Crippen LogP contribution in [-0.4, -0.2) is 40.6 Å². The standard InChI is InChI=1S/C15H31O2.C3H7O.8CH4.2W/c1-3-4-5-6-7-8-9-10-11-12-13-17-15-14-16-2;1-3-4-2;;;;;;;;;;/h1,3-15H2,2H3;1,3H2,2H3;8*1H4;;/q2*-1;;;;;;;;;;. The van der Waals surface area contributed by atoms with Gasteiger partial charge in [0.2, 0.25) is 0 Å². The number of methoxy groups -OCH3 is 2. The molecule has 31 heavy (non-hydrogen) atoms. The van der Waals surface area contributed by atoms with Crippen molar-refractivity contribution < 1.29 is 56.3 Å². The van der Waals surface area contributed by atoms with Gasteiger partial charge in [-0.3, -0.25) is 0 Å². The zero-order valence-corrected chi connectivity index (χ0v) is 21.2. The summed E-state index contributed by atoms with van der Waals surface area (Å²) in [7, 11) is 3.33.